The van der Waals surface area contributed by atoms with Crippen LogP contribution < -0.4 is 4.90 Å². The van der Waals surface area contributed by atoms with E-state index in [-0.39, 0.29) is 44.7 Å². The topological polar surface area (TPSA) is 47.0 Å². The standard InChI is InChI=1S/C26H32F9N3O2/c1-22(21(39)40)5-2-9-38(15-22)19-13-18(24(27,28)29)4-3-17(19)14-36-10-6-23(16-36)7-11-37(12-8-23)20(25(30,31)32)26(33,34)35/h3-4,13,20H,2,5-12,14-16H2,1H3,(H,39,40). The molecule has 0 amide bonds. The number of carbonyl (C=O) groups is 1. The summed E-state index contributed by atoms with van der Waals surface area (Å²) in [6, 6.07) is -0.138. The molecule has 0 saturated carbocycles. The first-order valence-electron chi connectivity index (χ1n) is 13.1. The number of rotatable bonds is 5. The average molecular weight is 590 g/mol. The maximum absolute atomic E-state index is 13.6. The minimum Gasteiger partial charge on any atom is -0.481 e. The van der Waals surface area contributed by atoms with Crippen molar-refractivity contribution in [1.82, 2.24) is 9.80 Å². The van der Waals surface area contributed by atoms with Crippen molar-refractivity contribution in [2.75, 3.05) is 44.2 Å². The molecule has 1 unspecified atom stereocenters. The summed E-state index contributed by atoms with van der Waals surface area (Å²) in [6.45, 7) is 2.40. The van der Waals surface area contributed by atoms with Gasteiger partial charge in [-0.3, -0.25) is 14.6 Å². The van der Waals surface area contributed by atoms with Crippen molar-refractivity contribution in [1.29, 1.82) is 0 Å². The van der Waals surface area contributed by atoms with Crippen LogP contribution in [0.3, 0.4) is 0 Å². The van der Waals surface area contributed by atoms with E-state index in [0.29, 0.717) is 49.4 Å². The van der Waals surface area contributed by atoms with E-state index >= 15 is 0 Å². The number of carboxylic acids is 1. The highest BCUT2D eigenvalue weighted by molar-refractivity contribution is 5.75. The zero-order valence-corrected chi connectivity index (χ0v) is 21.9. The summed E-state index contributed by atoms with van der Waals surface area (Å²) < 4.78 is 120. The van der Waals surface area contributed by atoms with Crippen molar-refractivity contribution in [3.63, 3.8) is 0 Å². The Kier molecular flexibility index (Phi) is 8.11. The first-order chi connectivity index (χ1) is 18.3. The number of nitrogens with zero attached hydrogens (tertiary/aromatic N) is 3. The molecule has 0 aromatic heterocycles. The number of halogens is 9. The molecule has 3 fully saturated rings. The van der Waals surface area contributed by atoms with Gasteiger partial charge >= 0.3 is 24.5 Å². The third-order valence-corrected chi connectivity index (χ3v) is 8.72. The Labute approximate surface area is 225 Å². The number of hydrogen-bond donors (Lipinski definition) is 1. The van der Waals surface area contributed by atoms with Gasteiger partial charge in [0, 0.05) is 31.9 Å². The van der Waals surface area contributed by atoms with Gasteiger partial charge in [-0.15, -0.1) is 0 Å². The predicted molar refractivity (Wildman–Crippen MR) is 128 cm³/mol. The van der Waals surface area contributed by atoms with Crippen molar-refractivity contribution in [2.24, 2.45) is 10.8 Å². The second kappa shape index (κ2) is 10.6. The summed E-state index contributed by atoms with van der Waals surface area (Å²) in [5, 5.41) is 9.68. The lowest BCUT2D eigenvalue weighted by Crippen LogP contribution is -2.58. The van der Waals surface area contributed by atoms with Crippen molar-refractivity contribution < 1.29 is 49.4 Å². The van der Waals surface area contributed by atoms with Gasteiger partial charge in [0.1, 0.15) is 0 Å². The van der Waals surface area contributed by atoms with Crippen molar-refractivity contribution in [3.05, 3.63) is 29.3 Å². The SMILES string of the molecule is CC1(C(=O)O)CCCN(c2cc(C(F)(F)F)ccc2CN2CCC3(CCN(C(C(F)(F)F)C(F)(F)F)CC3)C2)C1. The van der Waals surface area contributed by atoms with E-state index in [1.165, 1.54) is 6.07 Å². The van der Waals surface area contributed by atoms with E-state index in [1.54, 1.807) is 11.8 Å². The molecule has 1 spiro atoms. The lowest BCUT2D eigenvalue weighted by molar-refractivity contribution is -0.290. The molecule has 3 heterocycles. The smallest absolute Gasteiger partial charge is 0.416 e. The molecule has 3 aliphatic heterocycles. The van der Waals surface area contributed by atoms with Crippen LogP contribution in [-0.2, 0) is 17.5 Å². The van der Waals surface area contributed by atoms with Crippen LogP contribution in [0.2, 0.25) is 0 Å². The molecule has 4 rings (SSSR count). The second-order valence-corrected chi connectivity index (χ2v) is 11.7. The van der Waals surface area contributed by atoms with Gasteiger partial charge in [0.15, 0.2) is 0 Å². The molecule has 226 valence electrons. The Morgan fingerprint density at radius 3 is 2.05 bits per heavy atom. The fourth-order valence-corrected chi connectivity index (χ4v) is 6.46. The highest BCUT2D eigenvalue weighted by Crippen LogP contribution is 2.46. The fourth-order valence-electron chi connectivity index (χ4n) is 6.46. The Hall–Kier alpha value is -2.22. The normalized spacial score (nSPS) is 25.2. The van der Waals surface area contributed by atoms with E-state index in [4.69, 9.17) is 0 Å². The van der Waals surface area contributed by atoms with E-state index in [0.717, 1.165) is 12.1 Å². The molecule has 1 atom stereocenters. The number of aliphatic carboxylic acids is 1. The zero-order chi connectivity index (χ0) is 29.7. The molecule has 5 nitrogen and oxygen atoms in total. The number of alkyl halides is 9. The molecule has 3 saturated heterocycles. The van der Waals surface area contributed by atoms with Crippen LogP contribution in [0.15, 0.2) is 18.2 Å². The maximum atomic E-state index is 13.6. The molecular formula is C26H32F9N3O2. The Morgan fingerprint density at radius 2 is 1.50 bits per heavy atom. The third-order valence-electron chi connectivity index (χ3n) is 8.72. The van der Waals surface area contributed by atoms with Gasteiger partial charge in [0.2, 0.25) is 6.04 Å². The van der Waals surface area contributed by atoms with Gasteiger partial charge in [0.05, 0.1) is 11.0 Å². The summed E-state index contributed by atoms with van der Waals surface area (Å²) in [5.74, 6) is -1.03. The van der Waals surface area contributed by atoms with Crippen molar-refractivity contribution in [3.8, 4) is 0 Å². The number of piperidine rings is 2. The van der Waals surface area contributed by atoms with Crippen LogP contribution in [-0.4, -0.2) is 78.5 Å². The van der Waals surface area contributed by atoms with Gasteiger partial charge in [0.25, 0.3) is 0 Å². The average Bonchev–Trinajstić information content (AvgIpc) is 3.20. The molecule has 1 aromatic carbocycles. The molecule has 0 radical (unpaired) electrons. The first kappa shape index (κ1) is 30.7. The number of benzene rings is 1. The quantitative estimate of drug-likeness (QED) is 0.416. The van der Waals surface area contributed by atoms with Crippen LogP contribution in [0, 0.1) is 10.8 Å². The predicted octanol–water partition coefficient (Wildman–Crippen LogP) is 6.18. The first-order valence-corrected chi connectivity index (χ1v) is 13.1. The van der Waals surface area contributed by atoms with Gasteiger partial charge in [-0.25, -0.2) is 0 Å². The van der Waals surface area contributed by atoms with Crippen LogP contribution >= 0.6 is 0 Å². The van der Waals surface area contributed by atoms with E-state index in [2.05, 4.69) is 0 Å². The largest absolute Gasteiger partial charge is 0.481 e. The van der Waals surface area contributed by atoms with E-state index < -0.39 is 46.9 Å². The van der Waals surface area contributed by atoms with Crippen molar-refractivity contribution >= 4 is 11.7 Å². The van der Waals surface area contributed by atoms with Gasteiger partial charge in [-0.05, 0) is 81.8 Å². The van der Waals surface area contributed by atoms with Gasteiger partial charge < -0.3 is 10.0 Å². The molecule has 1 N–H and O–H groups in total. The molecule has 14 heteroatoms. The van der Waals surface area contributed by atoms with Crippen LogP contribution in [0.4, 0.5) is 45.2 Å². The molecule has 0 bridgehead atoms. The molecule has 0 aliphatic carbocycles. The Balaban J connectivity index is 1.50. The summed E-state index contributed by atoms with van der Waals surface area (Å²) >= 11 is 0. The number of carboxylic acid groups (broad SMARTS) is 1. The van der Waals surface area contributed by atoms with Gasteiger partial charge in [-0.1, -0.05) is 6.07 Å². The zero-order valence-electron chi connectivity index (χ0n) is 21.9. The highest BCUT2D eigenvalue weighted by atomic mass is 19.4. The second-order valence-electron chi connectivity index (χ2n) is 11.7. The lowest BCUT2D eigenvalue weighted by atomic mass is 9.77. The fraction of sp³-hybridized carbons (Fsp3) is 0.731. The third kappa shape index (κ3) is 6.47. The maximum Gasteiger partial charge on any atom is 0.416 e. The molecular weight excluding hydrogens is 557 g/mol. The van der Waals surface area contributed by atoms with Gasteiger partial charge in [-0.2, -0.15) is 39.5 Å². The van der Waals surface area contributed by atoms with Crippen LogP contribution in [0.25, 0.3) is 0 Å². The minimum atomic E-state index is -5.44. The molecule has 3 aliphatic rings. The Bertz CT molecular complexity index is 1070. The summed E-state index contributed by atoms with van der Waals surface area (Å²) in [6.07, 6.45) is -13.7. The molecule has 1 aromatic rings. The van der Waals surface area contributed by atoms with E-state index in [9.17, 15) is 49.4 Å². The minimum absolute atomic E-state index is 0.0377. The summed E-state index contributed by atoms with van der Waals surface area (Å²) in [7, 11) is 0. The highest BCUT2D eigenvalue weighted by Gasteiger charge is 2.60. The Morgan fingerprint density at radius 1 is 0.900 bits per heavy atom. The van der Waals surface area contributed by atoms with Crippen molar-refractivity contribution in [2.45, 2.75) is 70.1 Å². The lowest BCUT2D eigenvalue weighted by Gasteiger charge is -2.43. The molecule has 40 heavy (non-hydrogen) atoms. The number of likely N-dealkylation sites (tertiary alicyclic amines) is 2. The number of hydrogen-bond acceptors (Lipinski definition) is 4. The summed E-state index contributed by atoms with van der Waals surface area (Å²) in [4.78, 5) is 15.9. The monoisotopic (exact) mass is 589 g/mol. The van der Waals surface area contributed by atoms with Crippen LogP contribution in [0.5, 0.6) is 0 Å². The summed E-state index contributed by atoms with van der Waals surface area (Å²) in [5.41, 5.74) is -1.61. The van der Waals surface area contributed by atoms with Crippen LogP contribution in [0.1, 0.15) is 50.2 Å². The number of anilines is 1. The van der Waals surface area contributed by atoms with E-state index in [1.807, 2.05) is 4.90 Å².